The van der Waals surface area contributed by atoms with Crippen LogP contribution in [0.5, 0.6) is 0 Å². The average Bonchev–Trinajstić information content (AvgIpc) is 2.86. The largest absolute Gasteiger partial charge is 0.298 e. The zero-order valence-electron chi connectivity index (χ0n) is 11.9. The number of thiazole rings is 1. The van der Waals surface area contributed by atoms with Gasteiger partial charge in [0, 0.05) is 29.8 Å². The van der Waals surface area contributed by atoms with Gasteiger partial charge in [-0.1, -0.05) is 18.2 Å². The van der Waals surface area contributed by atoms with E-state index in [4.69, 9.17) is 11.6 Å². The highest BCUT2D eigenvalue weighted by molar-refractivity contribution is 7.99. The first kappa shape index (κ1) is 15.3. The first-order valence-electron chi connectivity index (χ1n) is 7.25. The zero-order valence-corrected chi connectivity index (χ0v) is 14.3. The minimum atomic E-state index is 0.488. The highest BCUT2D eigenvalue weighted by Gasteiger charge is 2.11. The van der Waals surface area contributed by atoms with Crippen molar-refractivity contribution >= 4 is 34.7 Å². The van der Waals surface area contributed by atoms with Gasteiger partial charge in [-0.15, -0.1) is 22.9 Å². The number of hydrogen-bond acceptors (Lipinski definition) is 4. The fourth-order valence-corrected chi connectivity index (χ4v) is 4.49. The van der Waals surface area contributed by atoms with E-state index in [2.05, 4.69) is 45.9 Å². The molecule has 1 aliphatic heterocycles. The maximum Gasteiger partial charge on any atom is 0.123 e. The Kier molecular flexibility index (Phi) is 5.58. The number of aromatic nitrogens is 1. The summed E-state index contributed by atoms with van der Waals surface area (Å²) in [5.74, 6) is 3.05. The van der Waals surface area contributed by atoms with Crippen LogP contribution in [-0.2, 0) is 12.4 Å². The minimum absolute atomic E-state index is 0.488. The first-order valence-corrected chi connectivity index (χ1v) is 9.82. The summed E-state index contributed by atoms with van der Waals surface area (Å²) in [6, 6.07) is 8.77. The lowest BCUT2D eigenvalue weighted by Crippen LogP contribution is -2.25. The minimum Gasteiger partial charge on any atom is -0.298 e. The smallest absolute Gasteiger partial charge is 0.123 e. The maximum absolute atomic E-state index is 5.84. The van der Waals surface area contributed by atoms with E-state index in [9.17, 15) is 0 Å². The molecule has 0 unspecified atom stereocenters. The number of alkyl halides is 1. The van der Waals surface area contributed by atoms with Gasteiger partial charge in [0.1, 0.15) is 5.01 Å². The Morgan fingerprint density at radius 1 is 1.24 bits per heavy atom. The fraction of sp³-hybridized carbons (Fsp3) is 0.438. The van der Waals surface area contributed by atoms with Crippen molar-refractivity contribution in [2.45, 2.75) is 18.8 Å². The van der Waals surface area contributed by atoms with E-state index in [1.54, 1.807) is 11.3 Å². The van der Waals surface area contributed by atoms with Crippen LogP contribution < -0.4 is 0 Å². The fourth-order valence-electron chi connectivity index (χ4n) is 2.52. The Morgan fingerprint density at radius 2 is 2.19 bits per heavy atom. The van der Waals surface area contributed by atoms with Gasteiger partial charge in [0.25, 0.3) is 0 Å². The van der Waals surface area contributed by atoms with Crippen LogP contribution >= 0.6 is 34.7 Å². The van der Waals surface area contributed by atoms with Gasteiger partial charge in [-0.2, -0.15) is 11.8 Å². The third-order valence-corrected chi connectivity index (χ3v) is 5.85. The number of hydrogen-bond donors (Lipinski definition) is 0. The van der Waals surface area contributed by atoms with Gasteiger partial charge < -0.3 is 0 Å². The molecule has 0 bridgehead atoms. The molecule has 3 rings (SSSR count). The summed E-state index contributed by atoms with van der Waals surface area (Å²) in [7, 11) is 0. The second kappa shape index (κ2) is 7.63. The van der Waals surface area contributed by atoms with Crippen molar-refractivity contribution < 1.29 is 0 Å². The summed E-state index contributed by atoms with van der Waals surface area (Å²) in [5, 5.41) is 3.11. The third kappa shape index (κ3) is 4.22. The van der Waals surface area contributed by atoms with Crippen LogP contribution in [0.15, 0.2) is 29.6 Å². The summed E-state index contributed by atoms with van der Waals surface area (Å²) < 4.78 is 0. The second-order valence-electron chi connectivity index (χ2n) is 5.22. The Labute approximate surface area is 139 Å². The number of halogens is 1. The summed E-state index contributed by atoms with van der Waals surface area (Å²) in [6.07, 6.45) is 1.30. The van der Waals surface area contributed by atoms with Crippen LogP contribution in [-0.4, -0.2) is 34.5 Å². The van der Waals surface area contributed by atoms with Crippen LogP contribution in [0.4, 0.5) is 0 Å². The molecule has 0 aliphatic carbocycles. The molecule has 1 aromatic heterocycles. The van der Waals surface area contributed by atoms with Crippen LogP contribution in [0.25, 0.3) is 10.6 Å². The molecule has 0 atom stereocenters. The molecule has 1 saturated heterocycles. The number of nitrogens with zero attached hydrogens (tertiary/aromatic N) is 2. The lowest BCUT2D eigenvalue weighted by molar-refractivity contribution is 0.287. The Hall–Kier alpha value is -0.550. The standard InChI is InChI=1S/C16H19ClN2S2/c17-10-15-12-21-16(18-15)14-4-1-3-13(9-14)11-19-5-2-7-20-8-6-19/h1,3-4,9,12H,2,5-8,10-11H2. The normalized spacial score (nSPS) is 16.8. The van der Waals surface area contributed by atoms with Crippen molar-refractivity contribution in [2.75, 3.05) is 24.6 Å². The molecule has 2 nitrogen and oxygen atoms in total. The molecular formula is C16H19ClN2S2. The van der Waals surface area contributed by atoms with Crippen molar-refractivity contribution in [1.29, 1.82) is 0 Å². The van der Waals surface area contributed by atoms with Crippen molar-refractivity contribution in [1.82, 2.24) is 9.88 Å². The van der Waals surface area contributed by atoms with Gasteiger partial charge >= 0.3 is 0 Å². The quantitative estimate of drug-likeness (QED) is 0.764. The van der Waals surface area contributed by atoms with Gasteiger partial charge in [-0.05, 0) is 30.3 Å². The van der Waals surface area contributed by atoms with Crippen molar-refractivity contribution in [3.63, 3.8) is 0 Å². The number of rotatable bonds is 4. The highest BCUT2D eigenvalue weighted by atomic mass is 35.5. The van der Waals surface area contributed by atoms with E-state index in [0.29, 0.717) is 5.88 Å². The molecular weight excluding hydrogens is 320 g/mol. The summed E-state index contributed by atoms with van der Waals surface area (Å²) >= 11 is 9.58. The van der Waals surface area contributed by atoms with Gasteiger partial charge in [0.2, 0.25) is 0 Å². The first-order chi connectivity index (χ1) is 10.3. The molecule has 2 heterocycles. The SMILES string of the molecule is ClCc1csc(-c2cccc(CN3CCCSCC3)c2)n1. The van der Waals surface area contributed by atoms with Crippen LogP contribution in [0.2, 0.25) is 0 Å². The lowest BCUT2D eigenvalue weighted by atomic mass is 10.1. The predicted molar refractivity (Wildman–Crippen MR) is 94.3 cm³/mol. The molecule has 1 aliphatic rings. The molecule has 0 N–H and O–H groups in total. The zero-order chi connectivity index (χ0) is 14.5. The van der Waals surface area contributed by atoms with E-state index in [1.807, 2.05) is 5.38 Å². The van der Waals surface area contributed by atoms with Gasteiger partial charge in [0.05, 0.1) is 11.6 Å². The molecule has 0 spiro atoms. The third-order valence-electron chi connectivity index (χ3n) is 3.58. The van der Waals surface area contributed by atoms with Crippen molar-refractivity contribution in [2.24, 2.45) is 0 Å². The Morgan fingerprint density at radius 3 is 3.05 bits per heavy atom. The molecule has 0 radical (unpaired) electrons. The van der Waals surface area contributed by atoms with E-state index in [-0.39, 0.29) is 0 Å². The van der Waals surface area contributed by atoms with E-state index < -0.39 is 0 Å². The molecule has 5 heteroatoms. The van der Waals surface area contributed by atoms with Gasteiger partial charge in [-0.3, -0.25) is 4.90 Å². The highest BCUT2D eigenvalue weighted by Crippen LogP contribution is 2.25. The van der Waals surface area contributed by atoms with Crippen molar-refractivity contribution in [3.05, 3.63) is 40.9 Å². The topological polar surface area (TPSA) is 16.1 Å². The van der Waals surface area contributed by atoms with Gasteiger partial charge in [0.15, 0.2) is 0 Å². The van der Waals surface area contributed by atoms with Crippen molar-refractivity contribution in [3.8, 4) is 10.6 Å². The monoisotopic (exact) mass is 338 g/mol. The van der Waals surface area contributed by atoms with E-state index in [0.717, 1.165) is 17.2 Å². The van der Waals surface area contributed by atoms with E-state index >= 15 is 0 Å². The maximum atomic E-state index is 5.84. The summed E-state index contributed by atoms with van der Waals surface area (Å²) in [5.41, 5.74) is 3.55. The average molecular weight is 339 g/mol. The molecule has 21 heavy (non-hydrogen) atoms. The molecule has 0 saturated carbocycles. The summed E-state index contributed by atoms with van der Waals surface area (Å²) in [4.78, 5) is 7.13. The Balaban J connectivity index is 1.73. The second-order valence-corrected chi connectivity index (χ2v) is 7.57. The van der Waals surface area contributed by atoms with Gasteiger partial charge in [-0.25, -0.2) is 4.98 Å². The van der Waals surface area contributed by atoms with Crippen LogP contribution in [0.1, 0.15) is 17.7 Å². The number of thioether (sulfide) groups is 1. The van der Waals surface area contributed by atoms with Crippen LogP contribution in [0.3, 0.4) is 0 Å². The molecule has 2 aromatic rings. The summed E-state index contributed by atoms with van der Waals surface area (Å²) in [6.45, 7) is 3.45. The molecule has 0 amide bonds. The Bertz CT molecular complexity index is 577. The van der Waals surface area contributed by atoms with E-state index in [1.165, 1.54) is 42.1 Å². The molecule has 112 valence electrons. The molecule has 1 aromatic carbocycles. The number of benzene rings is 1. The van der Waals surface area contributed by atoms with Crippen LogP contribution in [0, 0.1) is 0 Å². The predicted octanol–water partition coefficient (Wildman–Crippen LogP) is 4.49. The molecule has 1 fully saturated rings. The lowest BCUT2D eigenvalue weighted by Gasteiger charge is -2.19.